The number of carbonyl (C=O) groups excluding carboxylic acids is 1. The summed E-state index contributed by atoms with van der Waals surface area (Å²) >= 11 is 3.28. The first-order valence-electron chi connectivity index (χ1n) is 5.50. The van der Waals surface area contributed by atoms with Crippen LogP contribution in [0.1, 0.15) is 10.4 Å². The Bertz CT molecular complexity index is 695. The van der Waals surface area contributed by atoms with Gasteiger partial charge in [0.05, 0.1) is 11.3 Å². The lowest BCUT2D eigenvalue weighted by atomic mass is 10.1. The number of amides is 1. The summed E-state index contributed by atoms with van der Waals surface area (Å²) in [6.07, 6.45) is 1.55. The van der Waals surface area contributed by atoms with Crippen molar-refractivity contribution in [3.05, 3.63) is 56.9 Å². The largest absolute Gasteiger partial charge is 0.398 e. The smallest absolute Gasteiger partial charge is 0.257 e. The number of hydrogen-bond acceptors (Lipinski definition) is 3. The Morgan fingerprint density at radius 3 is 2.68 bits per heavy atom. The minimum Gasteiger partial charge on any atom is -0.398 e. The maximum Gasteiger partial charge on any atom is 0.257 e. The molecule has 0 radical (unpaired) electrons. The molecular formula is C13H12BrN3O2. The van der Waals surface area contributed by atoms with E-state index in [1.165, 1.54) is 10.6 Å². The van der Waals surface area contributed by atoms with Crippen molar-refractivity contribution in [1.82, 2.24) is 4.57 Å². The lowest BCUT2D eigenvalue weighted by molar-refractivity contribution is 0.102. The third-order valence-corrected chi connectivity index (χ3v) is 3.10. The van der Waals surface area contributed by atoms with Gasteiger partial charge in [-0.1, -0.05) is 15.9 Å². The Balaban J connectivity index is 2.25. The predicted octanol–water partition coefficient (Wildman–Crippen LogP) is 1.98. The second-order valence-corrected chi connectivity index (χ2v) is 4.97. The predicted molar refractivity (Wildman–Crippen MR) is 78.2 cm³/mol. The van der Waals surface area contributed by atoms with Crippen LogP contribution in [0, 0.1) is 0 Å². The molecule has 0 bridgehead atoms. The molecule has 0 fully saturated rings. The first-order valence-corrected chi connectivity index (χ1v) is 6.30. The lowest BCUT2D eigenvalue weighted by Gasteiger charge is -2.08. The first kappa shape index (κ1) is 13.4. The van der Waals surface area contributed by atoms with Gasteiger partial charge in [-0.3, -0.25) is 9.59 Å². The number of benzene rings is 1. The lowest BCUT2D eigenvalue weighted by Crippen LogP contribution is -2.18. The number of anilines is 2. The van der Waals surface area contributed by atoms with Gasteiger partial charge in [-0.05, 0) is 24.3 Å². The number of nitrogens with two attached hydrogens (primary N) is 1. The van der Waals surface area contributed by atoms with Gasteiger partial charge >= 0.3 is 0 Å². The SMILES string of the molecule is Cn1cc(NC(=O)c2ccc(Br)cc2N)ccc1=O. The minimum absolute atomic E-state index is 0.138. The van der Waals surface area contributed by atoms with Crippen LogP contribution in [0.5, 0.6) is 0 Å². The van der Waals surface area contributed by atoms with Crippen LogP contribution in [0.25, 0.3) is 0 Å². The van der Waals surface area contributed by atoms with Crippen LogP contribution in [0.3, 0.4) is 0 Å². The van der Waals surface area contributed by atoms with Crippen LogP contribution in [0.2, 0.25) is 0 Å². The number of hydrogen-bond donors (Lipinski definition) is 2. The molecule has 0 saturated heterocycles. The van der Waals surface area contributed by atoms with E-state index >= 15 is 0 Å². The van der Waals surface area contributed by atoms with Gasteiger partial charge in [0.1, 0.15) is 0 Å². The van der Waals surface area contributed by atoms with Gasteiger partial charge in [-0.15, -0.1) is 0 Å². The Morgan fingerprint density at radius 2 is 2.05 bits per heavy atom. The number of aromatic nitrogens is 1. The quantitative estimate of drug-likeness (QED) is 0.830. The zero-order valence-electron chi connectivity index (χ0n) is 10.2. The van der Waals surface area contributed by atoms with Crippen LogP contribution in [-0.4, -0.2) is 10.5 Å². The summed E-state index contributed by atoms with van der Waals surface area (Å²) in [5.74, 6) is -0.316. The van der Waals surface area contributed by atoms with E-state index in [1.54, 1.807) is 37.5 Å². The van der Waals surface area contributed by atoms with E-state index in [0.29, 0.717) is 16.9 Å². The van der Waals surface area contributed by atoms with E-state index < -0.39 is 0 Å². The maximum absolute atomic E-state index is 12.0. The molecule has 0 atom stereocenters. The van der Waals surface area contributed by atoms with Crippen molar-refractivity contribution in [3.63, 3.8) is 0 Å². The van der Waals surface area contributed by atoms with E-state index in [1.807, 2.05) is 0 Å². The van der Waals surface area contributed by atoms with Crippen LogP contribution >= 0.6 is 15.9 Å². The number of nitrogens with one attached hydrogen (secondary N) is 1. The molecule has 0 aliphatic carbocycles. The van der Waals surface area contributed by atoms with Crippen LogP contribution < -0.4 is 16.6 Å². The highest BCUT2D eigenvalue weighted by Gasteiger charge is 2.10. The Hall–Kier alpha value is -2.08. The van der Waals surface area contributed by atoms with Gasteiger partial charge < -0.3 is 15.6 Å². The van der Waals surface area contributed by atoms with Gasteiger partial charge in [0, 0.05) is 29.5 Å². The molecule has 0 spiro atoms. The Kier molecular flexibility index (Phi) is 3.71. The van der Waals surface area contributed by atoms with Crippen molar-refractivity contribution in [1.29, 1.82) is 0 Å². The highest BCUT2D eigenvalue weighted by molar-refractivity contribution is 9.10. The van der Waals surface area contributed by atoms with Crippen LogP contribution in [-0.2, 0) is 7.05 Å². The van der Waals surface area contributed by atoms with Crippen molar-refractivity contribution in [3.8, 4) is 0 Å². The maximum atomic E-state index is 12.0. The molecule has 0 aliphatic rings. The summed E-state index contributed by atoms with van der Waals surface area (Å²) < 4.78 is 2.20. The van der Waals surface area contributed by atoms with Gasteiger partial charge in [0.15, 0.2) is 0 Å². The normalized spacial score (nSPS) is 10.2. The van der Waals surface area contributed by atoms with Gasteiger partial charge in [0.25, 0.3) is 5.91 Å². The number of nitrogens with zero attached hydrogens (tertiary/aromatic N) is 1. The minimum atomic E-state index is -0.316. The summed E-state index contributed by atoms with van der Waals surface area (Å²) in [5, 5.41) is 2.69. The fourth-order valence-corrected chi connectivity index (χ4v) is 1.99. The topological polar surface area (TPSA) is 77.1 Å². The molecule has 6 heteroatoms. The van der Waals surface area contributed by atoms with Crippen molar-refractivity contribution < 1.29 is 4.79 Å². The van der Waals surface area contributed by atoms with Gasteiger partial charge in [-0.2, -0.15) is 0 Å². The van der Waals surface area contributed by atoms with Crippen LogP contribution in [0.4, 0.5) is 11.4 Å². The molecule has 1 aromatic heterocycles. The standard InChI is InChI=1S/C13H12BrN3O2/c1-17-7-9(3-5-12(17)18)16-13(19)10-4-2-8(14)6-11(10)15/h2-7H,15H2,1H3,(H,16,19). The van der Waals surface area contributed by atoms with E-state index in [9.17, 15) is 9.59 Å². The second-order valence-electron chi connectivity index (χ2n) is 4.05. The summed E-state index contributed by atoms with van der Waals surface area (Å²) in [4.78, 5) is 23.3. The van der Waals surface area contributed by atoms with Crippen molar-refractivity contribution in [2.45, 2.75) is 0 Å². The zero-order valence-corrected chi connectivity index (χ0v) is 11.8. The molecule has 1 heterocycles. The third kappa shape index (κ3) is 3.03. The molecule has 19 heavy (non-hydrogen) atoms. The third-order valence-electron chi connectivity index (χ3n) is 2.60. The fraction of sp³-hybridized carbons (Fsp3) is 0.0769. The molecule has 2 rings (SSSR count). The first-order chi connectivity index (χ1) is 8.97. The summed E-state index contributed by atoms with van der Waals surface area (Å²) in [6, 6.07) is 7.98. The monoisotopic (exact) mass is 321 g/mol. The molecule has 0 unspecified atom stereocenters. The Morgan fingerprint density at radius 1 is 1.32 bits per heavy atom. The van der Waals surface area contributed by atoms with Crippen molar-refractivity contribution in [2.24, 2.45) is 7.05 Å². The second kappa shape index (κ2) is 5.27. The average Bonchev–Trinajstić information content (AvgIpc) is 2.33. The summed E-state index contributed by atoms with van der Waals surface area (Å²) in [6.45, 7) is 0. The highest BCUT2D eigenvalue weighted by Crippen LogP contribution is 2.19. The molecule has 2 aromatic rings. The Labute approximate surface area is 118 Å². The van der Waals surface area contributed by atoms with E-state index in [0.717, 1.165) is 4.47 Å². The number of carbonyl (C=O) groups is 1. The average molecular weight is 322 g/mol. The number of aryl methyl sites for hydroxylation is 1. The molecule has 1 amide bonds. The molecule has 1 aromatic carbocycles. The molecule has 0 saturated carbocycles. The van der Waals surface area contributed by atoms with Gasteiger partial charge in [-0.25, -0.2) is 0 Å². The van der Waals surface area contributed by atoms with Crippen molar-refractivity contribution >= 4 is 33.2 Å². The van der Waals surface area contributed by atoms with Gasteiger partial charge in [0.2, 0.25) is 5.56 Å². The van der Waals surface area contributed by atoms with E-state index in [4.69, 9.17) is 5.73 Å². The molecule has 5 nitrogen and oxygen atoms in total. The zero-order chi connectivity index (χ0) is 14.0. The number of rotatable bonds is 2. The van der Waals surface area contributed by atoms with E-state index in [-0.39, 0.29) is 11.5 Å². The fourth-order valence-electron chi connectivity index (χ4n) is 1.61. The molecule has 98 valence electrons. The highest BCUT2D eigenvalue weighted by atomic mass is 79.9. The summed E-state index contributed by atoms with van der Waals surface area (Å²) in [7, 11) is 1.62. The van der Waals surface area contributed by atoms with Crippen LogP contribution in [0.15, 0.2) is 45.8 Å². The summed E-state index contributed by atoms with van der Waals surface area (Å²) in [5.41, 5.74) is 6.95. The van der Waals surface area contributed by atoms with E-state index in [2.05, 4.69) is 21.2 Å². The molecule has 0 aliphatic heterocycles. The molecule has 3 N–H and O–H groups in total. The number of halogens is 1. The van der Waals surface area contributed by atoms with Crippen molar-refractivity contribution in [2.75, 3.05) is 11.1 Å². The molecular weight excluding hydrogens is 310 g/mol. The number of nitrogen functional groups attached to an aromatic ring is 1. The number of pyridine rings is 1.